The van der Waals surface area contributed by atoms with Gasteiger partial charge < -0.3 is 5.32 Å². The van der Waals surface area contributed by atoms with Crippen LogP contribution >= 0.6 is 27.7 Å². The van der Waals surface area contributed by atoms with Crippen LogP contribution in [-0.4, -0.2) is 18.8 Å². The third-order valence-electron chi connectivity index (χ3n) is 2.12. The number of benzene rings is 1. The second-order valence-corrected chi connectivity index (χ2v) is 6.52. The van der Waals surface area contributed by atoms with Crippen molar-refractivity contribution < 1.29 is 8.78 Å². The van der Waals surface area contributed by atoms with E-state index >= 15 is 0 Å². The first-order valence-electron chi connectivity index (χ1n) is 5.36. The monoisotopic (exact) mass is 323 g/mol. The topological polar surface area (TPSA) is 12.0 Å². The van der Waals surface area contributed by atoms with Crippen molar-refractivity contribution >= 4 is 27.7 Å². The number of halogens is 3. The van der Waals surface area contributed by atoms with Crippen molar-refractivity contribution in [3.05, 3.63) is 28.2 Å². The number of likely N-dealkylation sites (N-methyl/N-ethyl adjacent to an activating group) is 1. The molecule has 0 aliphatic heterocycles. The Kier molecular flexibility index (Phi) is 5.41. The van der Waals surface area contributed by atoms with E-state index in [0.717, 1.165) is 9.37 Å². The highest BCUT2D eigenvalue weighted by molar-refractivity contribution is 9.10. The largest absolute Gasteiger partial charge is 0.314 e. The summed E-state index contributed by atoms with van der Waals surface area (Å²) in [4.78, 5) is 0.990. The minimum Gasteiger partial charge on any atom is -0.314 e. The maximum absolute atomic E-state index is 13.6. The van der Waals surface area contributed by atoms with Crippen LogP contribution in [0.1, 0.15) is 19.4 Å². The van der Waals surface area contributed by atoms with Gasteiger partial charge in [-0.2, -0.15) is 8.78 Å². The van der Waals surface area contributed by atoms with E-state index in [9.17, 15) is 8.78 Å². The highest BCUT2D eigenvalue weighted by Gasteiger charge is 2.30. The first-order chi connectivity index (χ1) is 7.86. The Balaban J connectivity index is 2.95. The van der Waals surface area contributed by atoms with Crippen molar-refractivity contribution in [3.63, 3.8) is 0 Å². The maximum atomic E-state index is 13.6. The molecule has 0 aliphatic carbocycles. The molecule has 0 aliphatic rings. The molecule has 1 aromatic rings. The molecular formula is C12H16BrF2NS. The van der Waals surface area contributed by atoms with Crippen molar-refractivity contribution in [1.29, 1.82) is 0 Å². The van der Waals surface area contributed by atoms with Crippen LogP contribution in [0.15, 0.2) is 27.6 Å². The van der Waals surface area contributed by atoms with Gasteiger partial charge in [-0.05, 0) is 35.1 Å². The fourth-order valence-electron chi connectivity index (χ4n) is 1.40. The molecule has 0 saturated carbocycles. The van der Waals surface area contributed by atoms with E-state index in [4.69, 9.17) is 0 Å². The average molecular weight is 324 g/mol. The van der Waals surface area contributed by atoms with Gasteiger partial charge in [0.15, 0.2) is 0 Å². The van der Waals surface area contributed by atoms with Gasteiger partial charge in [0.05, 0.1) is 6.54 Å². The Hall–Kier alpha value is -0.130. The SMILES string of the molecule is CNCC(F)(F)c1ccc(SC(C)C)c(Br)c1. The lowest BCUT2D eigenvalue weighted by atomic mass is 10.1. The van der Waals surface area contributed by atoms with Crippen LogP contribution in [0.3, 0.4) is 0 Å². The molecule has 1 aromatic carbocycles. The van der Waals surface area contributed by atoms with Gasteiger partial charge in [-0.1, -0.05) is 19.9 Å². The molecule has 0 heterocycles. The fraction of sp³-hybridized carbons (Fsp3) is 0.500. The van der Waals surface area contributed by atoms with E-state index in [-0.39, 0.29) is 12.1 Å². The molecule has 5 heteroatoms. The summed E-state index contributed by atoms with van der Waals surface area (Å²) in [5.41, 5.74) is 0.0341. The molecule has 0 amide bonds. The van der Waals surface area contributed by atoms with Crippen molar-refractivity contribution in [1.82, 2.24) is 5.32 Å². The molecule has 1 nitrogen and oxygen atoms in total. The Morgan fingerprint density at radius 3 is 2.53 bits per heavy atom. The van der Waals surface area contributed by atoms with Gasteiger partial charge in [0.25, 0.3) is 5.92 Å². The summed E-state index contributed by atoms with van der Waals surface area (Å²) in [6.45, 7) is 3.79. The van der Waals surface area contributed by atoms with Crippen LogP contribution < -0.4 is 5.32 Å². The summed E-state index contributed by atoms with van der Waals surface area (Å²) in [7, 11) is 1.52. The average Bonchev–Trinajstić information content (AvgIpc) is 2.20. The van der Waals surface area contributed by atoms with E-state index in [0.29, 0.717) is 5.25 Å². The lowest BCUT2D eigenvalue weighted by molar-refractivity contribution is -0.00136. The Morgan fingerprint density at radius 2 is 2.06 bits per heavy atom. The lowest BCUT2D eigenvalue weighted by Gasteiger charge is -2.17. The van der Waals surface area contributed by atoms with Crippen molar-refractivity contribution in [2.24, 2.45) is 0 Å². The predicted molar refractivity (Wildman–Crippen MR) is 73.0 cm³/mol. The third kappa shape index (κ3) is 4.23. The first kappa shape index (κ1) is 14.9. The smallest absolute Gasteiger partial charge is 0.285 e. The molecule has 0 atom stereocenters. The highest BCUT2D eigenvalue weighted by atomic mass is 79.9. The quantitative estimate of drug-likeness (QED) is 0.812. The van der Waals surface area contributed by atoms with E-state index in [1.165, 1.54) is 19.2 Å². The number of thioether (sulfide) groups is 1. The van der Waals surface area contributed by atoms with Crippen LogP contribution in [0.25, 0.3) is 0 Å². The van der Waals surface area contributed by atoms with Gasteiger partial charge in [-0.3, -0.25) is 0 Å². The van der Waals surface area contributed by atoms with E-state index in [1.807, 2.05) is 0 Å². The number of alkyl halides is 2. The fourth-order valence-corrected chi connectivity index (χ4v) is 2.89. The molecule has 0 spiro atoms. The number of nitrogens with one attached hydrogen (secondary N) is 1. The van der Waals surface area contributed by atoms with Crippen molar-refractivity contribution in [2.75, 3.05) is 13.6 Å². The minimum atomic E-state index is -2.84. The molecule has 0 radical (unpaired) electrons. The first-order valence-corrected chi connectivity index (χ1v) is 7.03. The van der Waals surface area contributed by atoms with Gasteiger partial charge >= 0.3 is 0 Å². The van der Waals surface area contributed by atoms with Crippen molar-refractivity contribution in [2.45, 2.75) is 29.9 Å². The normalized spacial score (nSPS) is 12.2. The van der Waals surface area contributed by atoms with Crippen molar-refractivity contribution in [3.8, 4) is 0 Å². The molecule has 0 bridgehead atoms. The molecule has 0 unspecified atom stereocenters. The number of hydrogen-bond acceptors (Lipinski definition) is 2. The van der Waals surface area contributed by atoms with E-state index in [2.05, 4.69) is 35.1 Å². The Bertz CT molecular complexity index is 383. The molecule has 1 rings (SSSR count). The summed E-state index contributed by atoms with van der Waals surface area (Å²) in [6.07, 6.45) is 0. The molecule has 96 valence electrons. The molecule has 0 aromatic heterocycles. The zero-order valence-corrected chi connectivity index (χ0v) is 12.5. The van der Waals surface area contributed by atoms with Gasteiger partial charge in [-0.15, -0.1) is 11.8 Å². The highest BCUT2D eigenvalue weighted by Crippen LogP contribution is 2.35. The standard InChI is InChI=1S/C12H16BrF2NS/c1-8(2)17-11-5-4-9(6-10(11)13)12(14,15)7-16-3/h4-6,8,16H,7H2,1-3H3. The van der Waals surface area contributed by atoms with Crippen LogP contribution in [0, 0.1) is 0 Å². The summed E-state index contributed by atoms with van der Waals surface area (Å²) in [5, 5.41) is 2.93. The summed E-state index contributed by atoms with van der Waals surface area (Å²) in [5.74, 6) is -2.84. The second-order valence-electron chi connectivity index (χ2n) is 4.05. The van der Waals surface area contributed by atoms with E-state index in [1.54, 1.807) is 17.8 Å². The molecular weight excluding hydrogens is 308 g/mol. The molecule has 1 N–H and O–H groups in total. The molecule has 17 heavy (non-hydrogen) atoms. The second kappa shape index (κ2) is 6.16. The van der Waals surface area contributed by atoms with Gasteiger partial charge in [0, 0.05) is 20.2 Å². The minimum absolute atomic E-state index is 0.0341. The van der Waals surface area contributed by atoms with E-state index < -0.39 is 5.92 Å². The van der Waals surface area contributed by atoms with Gasteiger partial charge in [0.1, 0.15) is 0 Å². The lowest BCUT2D eigenvalue weighted by Crippen LogP contribution is -2.28. The van der Waals surface area contributed by atoms with Crippen LogP contribution in [0.5, 0.6) is 0 Å². The molecule has 0 fully saturated rings. The van der Waals surface area contributed by atoms with Gasteiger partial charge in [0.2, 0.25) is 0 Å². The maximum Gasteiger partial charge on any atom is 0.285 e. The summed E-state index contributed by atoms with van der Waals surface area (Å²) < 4.78 is 28.0. The number of rotatable bonds is 5. The Morgan fingerprint density at radius 1 is 1.41 bits per heavy atom. The van der Waals surface area contributed by atoms with Crippen LogP contribution in [0.2, 0.25) is 0 Å². The Labute approximate surface area is 113 Å². The zero-order valence-electron chi connectivity index (χ0n) is 10.1. The molecule has 0 saturated heterocycles. The third-order valence-corrected chi connectivity index (χ3v) is 4.12. The van der Waals surface area contributed by atoms with Crippen LogP contribution in [0.4, 0.5) is 8.78 Å². The van der Waals surface area contributed by atoms with Crippen LogP contribution in [-0.2, 0) is 5.92 Å². The predicted octanol–water partition coefficient (Wildman–Crippen LogP) is 4.26. The van der Waals surface area contributed by atoms with Gasteiger partial charge in [-0.25, -0.2) is 0 Å². The number of hydrogen-bond donors (Lipinski definition) is 1. The summed E-state index contributed by atoms with van der Waals surface area (Å²) in [6, 6.07) is 4.74. The zero-order chi connectivity index (χ0) is 13.1. The summed E-state index contributed by atoms with van der Waals surface area (Å²) >= 11 is 4.99.